The van der Waals surface area contributed by atoms with E-state index in [1.54, 1.807) is 23.2 Å². The van der Waals surface area contributed by atoms with Gasteiger partial charge in [-0.3, -0.25) is 9.78 Å². The fourth-order valence-corrected chi connectivity index (χ4v) is 5.82. The normalized spacial score (nSPS) is 17.4. The second-order valence-corrected chi connectivity index (χ2v) is 11.9. The molecule has 2 atom stereocenters. The molecule has 0 spiro atoms. The lowest BCUT2D eigenvalue weighted by atomic mass is 10.0. The largest absolute Gasteiger partial charge is 0.396 e. The number of anilines is 1. The van der Waals surface area contributed by atoms with E-state index in [9.17, 15) is 14.7 Å². The second kappa shape index (κ2) is 14.6. The number of aryl methyl sites for hydroxylation is 1. The first-order valence-corrected chi connectivity index (χ1v) is 15.3. The number of carbonyl (C=O) groups excluding carboxylic acids is 1. The van der Waals surface area contributed by atoms with Crippen molar-refractivity contribution in [2.45, 2.75) is 65.0 Å². The highest BCUT2D eigenvalue weighted by molar-refractivity contribution is 6.29. The van der Waals surface area contributed by atoms with Gasteiger partial charge < -0.3 is 14.9 Å². The van der Waals surface area contributed by atoms with E-state index in [4.69, 9.17) is 23.0 Å². The Morgan fingerprint density at radius 3 is 2.71 bits per heavy atom. The second-order valence-electron chi connectivity index (χ2n) is 11.4. The van der Waals surface area contributed by atoms with Crippen LogP contribution < -0.4 is 10.6 Å². The lowest BCUT2D eigenvalue weighted by molar-refractivity contribution is -0.128. The molecule has 9 nitrogen and oxygen atoms in total. The number of aliphatic hydroxyl groups is 1. The highest BCUT2D eigenvalue weighted by Crippen LogP contribution is 2.33. The van der Waals surface area contributed by atoms with Crippen LogP contribution in [0.3, 0.4) is 0 Å². The highest BCUT2D eigenvalue weighted by atomic mass is 35.5. The Balaban J connectivity index is 2.02. The molecule has 0 radical (unpaired) electrons. The molecule has 0 bridgehead atoms. The van der Waals surface area contributed by atoms with Crippen LogP contribution in [0.2, 0.25) is 0 Å². The monoisotopic (exact) mass is 632 g/mol. The molecule has 1 aliphatic rings. The number of terminal acetylenes is 1. The molecule has 0 aliphatic carbocycles. The molecule has 0 unspecified atom stereocenters. The van der Waals surface area contributed by atoms with Crippen molar-refractivity contribution in [2.75, 3.05) is 24.6 Å². The number of rotatable bonds is 10. The van der Waals surface area contributed by atoms with Gasteiger partial charge in [-0.05, 0) is 68.5 Å². The number of hydrogen-bond donors (Lipinski definition) is 1. The summed E-state index contributed by atoms with van der Waals surface area (Å²) in [4.78, 5) is 44.2. The minimum absolute atomic E-state index is 0.0332. The van der Waals surface area contributed by atoms with Crippen LogP contribution in [0.1, 0.15) is 57.0 Å². The number of halogens is 2. The van der Waals surface area contributed by atoms with Gasteiger partial charge in [-0.25, -0.2) is 18.7 Å². The van der Waals surface area contributed by atoms with E-state index < -0.39 is 11.5 Å². The van der Waals surface area contributed by atoms with Crippen molar-refractivity contribution in [3.8, 4) is 18.0 Å². The van der Waals surface area contributed by atoms with Gasteiger partial charge in [-0.2, -0.15) is 4.98 Å². The Morgan fingerprint density at radius 1 is 1.29 bits per heavy atom. The molecule has 1 aliphatic heterocycles. The molecule has 3 aromatic rings. The fraction of sp³-hybridized carbons (Fsp3) is 0.382. The summed E-state index contributed by atoms with van der Waals surface area (Å²) in [6.07, 6.45) is 13.8. The molecular formula is C34H38ClFN6O3. The SMILES string of the molecule is C#C/C=C\C=C(\Cl)Cc1nc2c(cc1F)c(N1C[C@@H](C)N(C(=O)C=C)C[C@@H]1C)nc(=O)n2-c1c(CCCO)ccnc1C(C)C. The van der Waals surface area contributed by atoms with Gasteiger partial charge in [0.25, 0.3) is 0 Å². The molecule has 1 amide bonds. The lowest BCUT2D eigenvalue weighted by Gasteiger charge is -2.44. The van der Waals surface area contributed by atoms with Crippen molar-refractivity contribution in [1.82, 2.24) is 24.4 Å². The zero-order chi connectivity index (χ0) is 32.8. The molecular weight excluding hydrogens is 595 g/mol. The van der Waals surface area contributed by atoms with Gasteiger partial charge in [-0.1, -0.05) is 44.0 Å². The fourth-order valence-electron chi connectivity index (χ4n) is 5.62. The number of aromatic nitrogens is 4. The Kier molecular flexibility index (Phi) is 10.9. The maximum Gasteiger partial charge on any atom is 0.355 e. The van der Waals surface area contributed by atoms with Gasteiger partial charge >= 0.3 is 5.69 Å². The Morgan fingerprint density at radius 2 is 2.04 bits per heavy atom. The van der Waals surface area contributed by atoms with Crippen LogP contribution in [-0.4, -0.2) is 67.2 Å². The molecule has 3 aromatic heterocycles. The van der Waals surface area contributed by atoms with Gasteiger partial charge in [0.15, 0.2) is 5.65 Å². The standard InChI is InChI=1S/C34H38ClFN6O3/c1-7-9-10-13-25(35)17-28-27(36)18-26-32(41-20-22(5)40(19-23(41)6)29(44)8-2)39-34(45)42(33(26)38-28)31-24(12-11-16-43)14-15-37-30(31)21(3)4/h1,8-10,13-15,18,21-23,43H,2,11-12,16-17,19-20H2,3-6H3/b10-9-,25-13+/t22-,23+/m1/s1. The van der Waals surface area contributed by atoms with Gasteiger partial charge in [-0.15, -0.1) is 6.42 Å². The van der Waals surface area contributed by atoms with Gasteiger partial charge in [0, 0.05) is 49.4 Å². The van der Waals surface area contributed by atoms with E-state index in [2.05, 4.69) is 22.5 Å². The van der Waals surface area contributed by atoms with E-state index in [0.29, 0.717) is 47.7 Å². The molecule has 11 heteroatoms. The predicted octanol–water partition coefficient (Wildman–Crippen LogP) is 4.83. The highest BCUT2D eigenvalue weighted by Gasteiger charge is 2.34. The third-order valence-corrected chi connectivity index (χ3v) is 8.07. The van der Waals surface area contributed by atoms with Crippen LogP contribution in [-0.2, 0) is 17.6 Å². The number of hydrogen-bond acceptors (Lipinski definition) is 7. The van der Waals surface area contributed by atoms with Crippen LogP contribution in [0.4, 0.5) is 10.2 Å². The van der Waals surface area contributed by atoms with Gasteiger partial charge in [0.2, 0.25) is 5.91 Å². The molecule has 4 rings (SSSR count). The Bertz CT molecular complexity index is 1760. The van der Waals surface area contributed by atoms with Gasteiger partial charge in [0.1, 0.15) is 11.6 Å². The first kappa shape index (κ1) is 33.6. The van der Waals surface area contributed by atoms with Crippen molar-refractivity contribution in [2.24, 2.45) is 0 Å². The van der Waals surface area contributed by atoms with Crippen molar-refractivity contribution >= 4 is 34.4 Å². The topological polar surface area (TPSA) is 104 Å². The predicted molar refractivity (Wildman–Crippen MR) is 176 cm³/mol. The molecule has 45 heavy (non-hydrogen) atoms. The third kappa shape index (κ3) is 7.16. The van der Waals surface area contributed by atoms with Crippen LogP contribution in [0.5, 0.6) is 0 Å². The number of amides is 1. The molecule has 0 saturated carbocycles. The minimum Gasteiger partial charge on any atom is -0.396 e. The summed E-state index contributed by atoms with van der Waals surface area (Å²) < 4.78 is 17.3. The summed E-state index contributed by atoms with van der Waals surface area (Å²) in [5.74, 6) is 1.78. The van der Waals surface area contributed by atoms with Crippen LogP contribution in [0, 0.1) is 18.2 Å². The summed E-state index contributed by atoms with van der Waals surface area (Å²) in [6, 6.07) is 2.68. The quantitative estimate of drug-likeness (QED) is 0.194. The first-order chi connectivity index (χ1) is 21.5. The summed E-state index contributed by atoms with van der Waals surface area (Å²) >= 11 is 6.42. The molecule has 1 N–H and O–H groups in total. The van der Waals surface area contributed by atoms with E-state index in [1.165, 1.54) is 22.8 Å². The Labute approximate surface area is 267 Å². The summed E-state index contributed by atoms with van der Waals surface area (Å²) in [5, 5.41) is 10.2. The van der Waals surface area contributed by atoms with Crippen LogP contribution in [0.15, 0.2) is 59.0 Å². The lowest BCUT2D eigenvalue weighted by Crippen LogP contribution is -2.58. The summed E-state index contributed by atoms with van der Waals surface area (Å²) in [7, 11) is 0. The number of aliphatic hydroxyl groups excluding tert-OH is 1. The maximum atomic E-state index is 15.9. The summed E-state index contributed by atoms with van der Waals surface area (Å²) in [5.41, 5.74) is 1.58. The van der Waals surface area contributed by atoms with Crippen molar-refractivity contribution in [3.05, 3.63) is 87.5 Å². The number of carbonyl (C=O) groups is 1. The average molecular weight is 633 g/mol. The number of pyridine rings is 2. The van der Waals surface area contributed by atoms with Crippen molar-refractivity contribution < 1.29 is 14.3 Å². The van der Waals surface area contributed by atoms with E-state index in [0.717, 1.165) is 5.56 Å². The number of piperazine rings is 1. The third-order valence-electron chi connectivity index (χ3n) is 7.81. The van der Waals surface area contributed by atoms with Crippen LogP contribution >= 0.6 is 11.6 Å². The summed E-state index contributed by atoms with van der Waals surface area (Å²) in [6.45, 7) is 12.1. The maximum absolute atomic E-state index is 15.9. The molecule has 0 aromatic carbocycles. The number of nitrogens with zero attached hydrogens (tertiary/aromatic N) is 6. The van der Waals surface area contributed by atoms with Crippen LogP contribution in [0.25, 0.3) is 16.7 Å². The van der Waals surface area contributed by atoms with Crippen molar-refractivity contribution in [1.29, 1.82) is 0 Å². The molecule has 1 fully saturated rings. The number of allylic oxidation sites excluding steroid dienone is 4. The first-order valence-electron chi connectivity index (χ1n) is 14.9. The zero-order valence-electron chi connectivity index (χ0n) is 26.0. The molecule has 236 valence electrons. The van der Waals surface area contributed by atoms with Crippen molar-refractivity contribution in [3.63, 3.8) is 0 Å². The average Bonchev–Trinajstić information content (AvgIpc) is 3.01. The number of fused-ring (bicyclic) bond motifs is 1. The molecule has 1 saturated heterocycles. The van der Waals surface area contributed by atoms with E-state index >= 15 is 4.39 Å². The van der Waals surface area contributed by atoms with E-state index in [1.807, 2.05) is 38.7 Å². The zero-order valence-corrected chi connectivity index (χ0v) is 26.8. The smallest absolute Gasteiger partial charge is 0.355 e. The van der Waals surface area contributed by atoms with Gasteiger partial charge in [0.05, 0.1) is 22.5 Å². The minimum atomic E-state index is -0.611. The molecule has 4 heterocycles. The Hall–Kier alpha value is -4.33. The van der Waals surface area contributed by atoms with E-state index in [-0.39, 0.29) is 54.1 Å².